The van der Waals surface area contributed by atoms with Crippen LogP contribution in [0.1, 0.15) is 56.5 Å². The number of imidazole rings is 1. The Morgan fingerprint density at radius 1 is 1.00 bits per heavy atom. The first-order valence-electron chi connectivity index (χ1n) is 9.05. The van der Waals surface area contributed by atoms with Crippen molar-refractivity contribution in [2.24, 2.45) is 0 Å². The van der Waals surface area contributed by atoms with Gasteiger partial charge in [-0.2, -0.15) is 0 Å². The molecular formula is C22H23N3O3. The third-order valence-corrected chi connectivity index (χ3v) is 4.73. The van der Waals surface area contributed by atoms with Crippen LogP contribution < -0.4 is 5.32 Å². The highest BCUT2D eigenvalue weighted by molar-refractivity contribution is 5.94. The van der Waals surface area contributed by atoms with Gasteiger partial charge in [-0.05, 0) is 57.5 Å². The van der Waals surface area contributed by atoms with E-state index in [1.165, 1.54) is 12.1 Å². The summed E-state index contributed by atoms with van der Waals surface area (Å²) < 4.78 is 1.85. The van der Waals surface area contributed by atoms with E-state index >= 15 is 0 Å². The maximum atomic E-state index is 13.0. The predicted octanol–water partition coefficient (Wildman–Crippen LogP) is 3.99. The summed E-state index contributed by atoms with van der Waals surface area (Å²) in [5.74, 6) is -0.463. The number of benzene rings is 2. The molecule has 0 saturated carbocycles. The summed E-state index contributed by atoms with van der Waals surface area (Å²) in [5, 5.41) is 12.0. The second-order valence-corrected chi connectivity index (χ2v) is 6.89. The first-order valence-corrected chi connectivity index (χ1v) is 9.05. The quantitative estimate of drug-likeness (QED) is 0.704. The Hall–Kier alpha value is -3.41. The molecular weight excluding hydrogens is 354 g/mol. The summed E-state index contributed by atoms with van der Waals surface area (Å²) in [4.78, 5) is 28.5. The average Bonchev–Trinajstić information content (AvgIpc) is 2.96. The molecule has 0 aliphatic carbocycles. The number of amides is 1. The topological polar surface area (TPSA) is 84.2 Å². The van der Waals surface area contributed by atoms with Gasteiger partial charge in [0.2, 0.25) is 0 Å². The number of carboxylic acid groups (broad SMARTS) is 1. The third-order valence-electron chi connectivity index (χ3n) is 4.73. The van der Waals surface area contributed by atoms with Crippen molar-refractivity contribution in [3.63, 3.8) is 0 Å². The zero-order valence-corrected chi connectivity index (χ0v) is 16.4. The van der Waals surface area contributed by atoms with Crippen LogP contribution in [0.15, 0.2) is 48.5 Å². The molecule has 3 aromatic rings. The lowest BCUT2D eigenvalue weighted by Crippen LogP contribution is -2.29. The van der Waals surface area contributed by atoms with Crippen molar-refractivity contribution in [1.29, 1.82) is 0 Å². The van der Waals surface area contributed by atoms with E-state index in [9.17, 15) is 9.59 Å². The molecule has 0 bridgehead atoms. The molecule has 6 nitrogen and oxygen atoms in total. The van der Waals surface area contributed by atoms with Gasteiger partial charge >= 0.3 is 5.97 Å². The van der Waals surface area contributed by atoms with Gasteiger partial charge in [-0.25, -0.2) is 9.78 Å². The van der Waals surface area contributed by atoms with Gasteiger partial charge in [0.1, 0.15) is 11.5 Å². The summed E-state index contributed by atoms with van der Waals surface area (Å²) in [6, 6.07) is 14.1. The van der Waals surface area contributed by atoms with E-state index in [2.05, 4.69) is 10.3 Å². The Morgan fingerprint density at radius 3 is 2.18 bits per heavy atom. The van der Waals surface area contributed by atoms with Gasteiger partial charge in [-0.3, -0.25) is 9.36 Å². The highest BCUT2D eigenvalue weighted by Crippen LogP contribution is 2.20. The number of carboxylic acids is 1. The Kier molecular flexibility index (Phi) is 5.31. The van der Waals surface area contributed by atoms with Crippen molar-refractivity contribution in [1.82, 2.24) is 14.9 Å². The van der Waals surface area contributed by atoms with E-state index < -0.39 is 5.97 Å². The fraction of sp³-hybridized carbons (Fsp3) is 0.227. The summed E-state index contributed by atoms with van der Waals surface area (Å²) in [5.41, 5.74) is 4.22. The molecule has 1 amide bonds. The molecule has 2 aromatic carbocycles. The number of aromatic carboxylic acids is 1. The average molecular weight is 377 g/mol. The zero-order chi connectivity index (χ0) is 20.4. The lowest BCUT2D eigenvalue weighted by Gasteiger charge is -2.17. The van der Waals surface area contributed by atoms with Crippen LogP contribution in [0.4, 0.5) is 0 Å². The highest BCUT2D eigenvalue weighted by Gasteiger charge is 2.22. The lowest BCUT2D eigenvalue weighted by molar-refractivity contribution is 0.0696. The van der Waals surface area contributed by atoms with E-state index in [1.54, 1.807) is 12.1 Å². The molecule has 1 aromatic heterocycles. The molecule has 0 aliphatic rings. The van der Waals surface area contributed by atoms with E-state index in [0.717, 1.165) is 22.6 Å². The van der Waals surface area contributed by atoms with Crippen LogP contribution in [0.25, 0.3) is 5.69 Å². The van der Waals surface area contributed by atoms with E-state index in [-0.39, 0.29) is 17.5 Å². The minimum Gasteiger partial charge on any atom is -0.478 e. The van der Waals surface area contributed by atoms with Crippen LogP contribution in [-0.2, 0) is 0 Å². The van der Waals surface area contributed by atoms with Gasteiger partial charge in [-0.15, -0.1) is 0 Å². The van der Waals surface area contributed by atoms with Gasteiger partial charge in [-0.1, -0.05) is 29.8 Å². The smallest absolute Gasteiger partial charge is 0.335 e. The molecule has 3 rings (SSSR count). The number of aromatic nitrogens is 2. The van der Waals surface area contributed by atoms with Crippen LogP contribution in [0.5, 0.6) is 0 Å². The largest absolute Gasteiger partial charge is 0.478 e. The second kappa shape index (κ2) is 7.68. The minimum atomic E-state index is -0.976. The highest BCUT2D eigenvalue weighted by atomic mass is 16.4. The molecule has 0 aliphatic heterocycles. The molecule has 2 N–H and O–H groups in total. The van der Waals surface area contributed by atoms with Crippen molar-refractivity contribution >= 4 is 11.9 Å². The third kappa shape index (κ3) is 3.81. The van der Waals surface area contributed by atoms with Crippen molar-refractivity contribution in [3.8, 4) is 5.69 Å². The van der Waals surface area contributed by atoms with Crippen molar-refractivity contribution in [2.45, 2.75) is 33.7 Å². The summed E-state index contributed by atoms with van der Waals surface area (Å²) in [7, 11) is 0. The van der Waals surface area contributed by atoms with Gasteiger partial charge in [0, 0.05) is 5.69 Å². The maximum Gasteiger partial charge on any atom is 0.335 e. The van der Waals surface area contributed by atoms with Crippen molar-refractivity contribution < 1.29 is 14.7 Å². The number of hydrogen-bond donors (Lipinski definition) is 2. The van der Waals surface area contributed by atoms with E-state index in [4.69, 9.17) is 5.11 Å². The van der Waals surface area contributed by atoms with Crippen LogP contribution in [0.2, 0.25) is 0 Å². The number of aryl methyl sites for hydroxylation is 3. The maximum absolute atomic E-state index is 13.0. The Bertz CT molecular complexity index is 1020. The van der Waals surface area contributed by atoms with Crippen molar-refractivity contribution in [3.05, 3.63) is 82.4 Å². The van der Waals surface area contributed by atoms with Crippen LogP contribution in [0, 0.1) is 20.8 Å². The normalized spacial score (nSPS) is 11.9. The Labute approximate surface area is 163 Å². The molecule has 1 atom stereocenters. The summed E-state index contributed by atoms with van der Waals surface area (Å²) in [6.07, 6.45) is 0. The number of nitrogens with zero attached hydrogens (tertiary/aromatic N) is 2. The van der Waals surface area contributed by atoms with Gasteiger partial charge < -0.3 is 10.4 Å². The molecule has 1 heterocycles. The first-order chi connectivity index (χ1) is 13.3. The number of carbonyl (C=O) groups is 2. The van der Waals surface area contributed by atoms with Crippen LogP contribution in [0.3, 0.4) is 0 Å². The number of nitrogens with one attached hydrogen (secondary N) is 1. The van der Waals surface area contributed by atoms with Gasteiger partial charge in [0.25, 0.3) is 5.91 Å². The number of rotatable bonds is 5. The number of carbonyl (C=O) groups excluding carboxylic acids is 1. The molecule has 0 unspecified atom stereocenters. The van der Waals surface area contributed by atoms with Crippen LogP contribution in [-0.4, -0.2) is 26.5 Å². The predicted molar refractivity (Wildman–Crippen MR) is 107 cm³/mol. The molecule has 0 radical (unpaired) electrons. The van der Waals surface area contributed by atoms with Crippen molar-refractivity contribution in [2.75, 3.05) is 0 Å². The molecule has 0 fully saturated rings. The second-order valence-electron chi connectivity index (χ2n) is 6.89. The Morgan fingerprint density at radius 2 is 1.61 bits per heavy atom. The van der Waals surface area contributed by atoms with Gasteiger partial charge in [0.15, 0.2) is 0 Å². The SMILES string of the molecule is Cc1ccc(-n2c(C)nc(C)c2C(=O)N[C@@H](C)c2ccc(C(=O)O)cc2)cc1. The summed E-state index contributed by atoms with van der Waals surface area (Å²) in [6.45, 7) is 7.57. The minimum absolute atomic E-state index is 0.214. The molecule has 0 spiro atoms. The summed E-state index contributed by atoms with van der Waals surface area (Å²) >= 11 is 0. The fourth-order valence-electron chi connectivity index (χ4n) is 3.21. The number of hydrogen-bond acceptors (Lipinski definition) is 3. The zero-order valence-electron chi connectivity index (χ0n) is 16.4. The molecule has 0 saturated heterocycles. The van der Waals surface area contributed by atoms with Gasteiger partial charge in [0.05, 0.1) is 17.3 Å². The molecule has 28 heavy (non-hydrogen) atoms. The fourth-order valence-corrected chi connectivity index (χ4v) is 3.21. The Balaban J connectivity index is 1.88. The molecule has 144 valence electrons. The monoisotopic (exact) mass is 377 g/mol. The first kappa shape index (κ1) is 19.4. The van der Waals surface area contributed by atoms with Crippen LogP contribution >= 0.6 is 0 Å². The standard InChI is InChI=1S/C22H23N3O3/c1-13-5-11-19(12-6-13)25-16(4)23-15(3)20(25)21(26)24-14(2)17-7-9-18(10-8-17)22(27)28/h5-12,14H,1-4H3,(H,24,26)(H,27,28)/t14-/m0/s1. The molecule has 6 heteroatoms. The lowest BCUT2D eigenvalue weighted by atomic mass is 10.1. The van der Waals surface area contributed by atoms with E-state index in [0.29, 0.717) is 11.4 Å². The van der Waals surface area contributed by atoms with E-state index in [1.807, 2.05) is 56.5 Å².